The van der Waals surface area contributed by atoms with Crippen molar-refractivity contribution in [3.05, 3.63) is 12.2 Å². The molecule has 4 aliphatic heterocycles. The lowest BCUT2D eigenvalue weighted by atomic mass is 9.35. The molecular weight excluding hydrogens is 1020 g/mol. The number of fused-ring (bicyclic) bond motifs is 5. The Hall–Kier alpha value is -1.22. The minimum Gasteiger partial charge on any atom is -0.394 e. The van der Waals surface area contributed by atoms with Gasteiger partial charge in [0.05, 0.1) is 55.9 Å². The van der Waals surface area contributed by atoms with Crippen LogP contribution in [0.4, 0.5) is 0 Å². The van der Waals surface area contributed by atoms with Gasteiger partial charge in [0, 0.05) is 0 Å². The summed E-state index contributed by atoms with van der Waals surface area (Å²) in [6, 6.07) is 0. The average molecular weight is 1110 g/mol. The van der Waals surface area contributed by atoms with Gasteiger partial charge >= 0.3 is 0 Å². The Kier molecular flexibility index (Phi) is 18.3. The van der Waals surface area contributed by atoms with E-state index in [0.29, 0.717) is 32.1 Å². The van der Waals surface area contributed by atoms with Crippen LogP contribution in [0.2, 0.25) is 0 Å². The Morgan fingerprint density at radius 2 is 1.13 bits per heavy atom. The first-order chi connectivity index (χ1) is 35.8. The van der Waals surface area contributed by atoms with Crippen LogP contribution < -0.4 is 0 Å². The lowest BCUT2D eigenvalue weighted by molar-refractivity contribution is -0.373. The fraction of sp³-hybridized carbons (Fsp3) is 0.962. The van der Waals surface area contributed by atoms with Crippen LogP contribution in [-0.4, -0.2) is 254 Å². The van der Waals surface area contributed by atoms with E-state index in [9.17, 15) is 81.7 Å². The zero-order valence-corrected chi connectivity index (χ0v) is 45.4. The molecule has 0 aromatic carbocycles. The fourth-order valence-electron chi connectivity index (χ4n) is 16.0. The van der Waals surface area contributed by atoms with Crippen LogP contribution in [-0.2, 0) is 37.9 Å². The molecule has 0 spiro atoms. The molecule has 8 rings (SSSR count). The summed E-state index contributed by atoms with van der Waals surface area (Å²) < 4.78 is 47.8. The molecule has 24 heteroatoms. The second-order valence-corrected chi connectivity index (χ2v) is 25.9. The zero-order valence-electron chi connectivity index (χ0n) is 45.4. The molecular formula is C53H90O24. The first-order valence-corrected chi connectivity index (χ1v) is 27.4. The van der Waals surface area contributed by atoms with Crippen molar-refractivity contribution in [2.75, 3.05) is 26.4 Å². The lowest BCUT2D eigenvalue weighted by Gasteiger charge is -2.71. The van der Waals surface area contributed by atoms with Crippen LogP contribution in [0.5, 0.6) is 0 Å². The Balaban J connectivity index is 0.999. The average Bonchev–Trinajstić information content (AvgIpc) is 4.05. The van der Waals surface area contributed by atoms with Gasteiger partial charge in [0.1, 0.15) is 91.6 Å². The Labute approximate surface area is 449 Å². The van der Waals surface area contributed by atoms with Gasteiger partial charge in [0.15, 0.2) is 25.2 Å². The molecule has 77 heavy (non-hydrogen) atoms. The highest BCUT2D eigenvalue weighted by Gasteiger charge is 2.73. The third-order valence-corrected chi connectivity index (χ3v) is 20.3. The number of hydrogen-bond acceptors (Lipinski definition) is 24. The molecule has 24 nitrogen and oxygen atoms in total. The molecule has 4 saturated carbocycles. The third kappa shape index (κ3) is 11.0. The highest BCUT2D eigenvalue weighted by atomic mass is 16.8. The van der Waals surface area contributed by atoms with Crippen molar-refractivity contribution >= 4 is 0 Å². The van der Waals surface area contributed by atoms with Crippen molar-refractivity contribution in [3.8, 4) is 0 Å². The van der Waals surface area contributed by atoms with Crippen molar-refractivity contribution in [3.63, 3.8) is 0 Å². The third-order valence-electron chi connectivity index (χ3n) is 20.3. The van der Waals surface area contributed by atoms with Gasteiger partial charge in [0.2, 0.25) is 0 Å². The molecule has 0 aromatic heterocycles. The first kappa shape index (κ1) is 61.8. The SMILES string of the molecule is CC(C)(O)/C=C/C[C@](C)(O[C@@H]1O[C@H](CO[C@@H]2OC[C@@H](O)[C@H](O)[C@H]2O)[C@@H](O)[C@H](O)[C@H]1O)[C@H]1CC[C@]2(C)[C@@H]1[C@H](O)C[C@H]1[C@@]3(C)C[C@@H](O)[C@H](O[C@@H]4O[C@H](CO)[C@@H](O[C@@H]5O[C@H](CO)[C@@H](O)[C@H](O)[C@H]5O)[C@H](O)[C@H]4O)C(C)(C)[C@H]3CC[C@]12C. The van der Waals surface area contributed by atoms with E-state index in [1.165, 1.54) is 0 Å². The number of hydrogen-bond donors (Lipinski definition) is 16. The molecule has 446 valence electrons. The zero-order chi connectivity index (χ0) is 56.9. The summed E-state index contributed by atoms with van der Waals surface area (Å²) in [5.41, 5.74) is -4.84. The molecule has 16 N–H and O–H groups in total. The molecule has 4 saturated heterocycles. The molecule has 0 unspecified atom stereocenters. The predicted octanol–water partition coefficient (Wildman–Crippen LogP) is -3.62. The summed E-state index contributed by atoms with van der Waals surface area (Å²) in [4.78, 5) is 0. The summed E-state index contributed by atoms with van der Waals surface area (Å²) in [5, 5.41) is 174. The van der Waals surface area contributed by atoms with Crippen molar-refractivity contribution in [2.45, 2.75) is 247 Å². The van der Waals surface area contributed by atoms with Crippen LogP contribution in [0.1, 0.15) is 100 Å². The monoisotopic (exact) mass is 1110 g/mol. The highest BCUT2D eigenvalue weighted by molar-refractivity contribution is 5.22. The second-order valence-electron chi connectivity index (χ2n) is 25.9. The Morgan fingerprint density at radius 3 is 1.77 bits per heavy atom. The largest absolute Gasteiger partial charge is 0.394 e. The van der Waals surface area contributed by atoms with Crippen LogP contribution in [0.25, 0.3) is 0 Å². The first-order valence-electron chi connectivity index (χ1n) is 27.4. The summed E-state index contributed by atoms with van der Waals surface area (Å²) >= 11 is 0. The summed E-state index contributed by atoms with van der Waals surface area (Å²) in [6.45, 7) is 13.3. The quantitative estimate of drug-likeness (QED) is 0.0556. The van der Waals surface area contributed by atoms with E-state index in [0.717, 1.165) is 0 Å². The van der Waals surface area contributed by atoms with Gasteiger partial charge in [-0.3, -0.25) is 0 Å². The number of ether oxygens (including phenoxy) is 8. The molecule has 0 aromatic rings. The minimum absolute atomic E-state index is 0.124. The summed E-state index contributed by atoms with van der Waals surface area (Å²) in [5.74, 6) is -1.07. The van der Waals surface area contributed by atoms with Crippen LogP contribution in [0.15, 0.2) is 12.2 Å². The van der Waals surface area contributed by atoms with Gasteiger partial charge in [-0.1, -0.05) is 46.8 Å². The maximum Gasteiger partial charge on any atom is 0.187 e. The molecule has 8 fully saturated rings. The highest BCUT2D eigenvalue weighted by Crippen LogP contribution is 2.76. The standard InChI is InChI=1S/C53H90O24/c1-48(2,69)12-9-13-53(8,77-47-40(67)36(63)34(61)28(74-47)21-71-44-38(65)32(59)25(58)20-70-44)22-10-14-52(7)31(22)23(56)16-30-50(5)17-24(57)43(49(3,4)29(50)11-15-51(30,52)6)76-46-41(68)37(64)42(27(19-55)73-46)75-45-39(66)35(62)33(60)26(18-54)72-45/h9,12,22-47,54-69H,10-11,13-21H2,1-8H3/b12-9+/t22-,23+,24+,25+,26+,27+,28+,29+,30-,31-,32-,33+,34+,35-,36-,37+,38+,39+,40+,41+,42+,43-,44-,45-,46-,47-,50-,51+,52+,53-/m0/s1. The molecule has 0 radical (unpaired) electrons. The van der Waals surface area contributed by atoms with Crippen molar-refractivity contribution in [2.24, 2.45) is 45.3 Å². The second kappa shape index (κ2) is 22.7. The van der Waals surface area contributed by atoms with E-state index in [4.69, 9.17) is 37.9 Å². The predicted molar refractivity (Wildman–Crippen MR) is 263 cm³/mol. The lowest BCUT2D eigenvalue weighted by Crippen LogP contribution is -2.70. The summed E-state index contributed by atoms with van der Waals surface area (Å²) in [6.07, 6.45) is -26.9. The maximum absolute atomic E-state index is 12.8. The van der Waals surface area contributed by atoms with E-state index in [2.05, 4.69) is 20.8 Å². The van der Waals surface area contributed by atoms with Gasteiger partial charge < -0.3 is 120 Å². The van der Waals surface area contributed by atoms with E-state index >= 15 is 0 Å². The van der Waals surface area contributed by atoms with Gasteiger partial charge in [-0.25, -0.2) is 0 Å². The topological polar surface area (TPSA) is 398 Å². The normalized spacial score (nSPS) is 53.1. The molecule has 8 aliphatic rings. The molecule has 30 atom stereocenters. The maximum atomic E-state index is 12.8. The molecule has 0 amide bonds. The van der Waals surface area contributed by atoms with E-state index in [-0.39, 0.29) is 31.3 Å². The minimum atomic E-state index is -1.84. The van der Waals surface area contributed by atoms with Crippen LogP contribution >= 0.6 is 0 Å². The van der Waals surface area contributed by atoms with Gasteiger partial charge in [-0.2, -0.15) is 0 Å². The number of rotatable bonds is 15. The van der Waals surface area contributed by atoms with Crippen LogP contribution in [0.3, 0.4) is 0 Å². The smallest absolute Gasteiger partial charge is 0.187 e. The van der Waals surface area contributed by atoms with E-state index in [1.807, 2.05) is 20.8 Å². The number of aliphatic hydroxyl groups is 16. The Bertz CT molecular complexity index is 2010. The van der Waals surface area contributed by atoms with Gasteiger partial charge in [-0.15, -0.1) is 0 Å². The summed E-state index contributed by atoms with van der Waals surface area (Å²) in [7, 11) is 0. The molecule has 4 heterocycles. The molecule has 4 aliphatic carbocycles. The van der Waals surface area contributed by atoms with Crippen LogP contribution in [0, 0.1) is 45.3 Å². The van der Waals surface area contributed by atoms with Gasteiger partial charge in [-0.05, 0) is 111 Å². The molecule has 0 bridgehead atoms. The Morgan fingerprint density at radius 1 is 0.571 bits per heavy atom. The fourth-order valence-corrected chi connectivity index (χ4v) is 16.0. The van der Waals surface area contributed by atoms with Crippen molar-refractivity contribution in [1.82, 2.24) is 0 Å². The van der Waals surface area contributed by atoms with Crippen molar-refractivity contribution < 1.29 is 120 Å². The van der Waals surface area contributed by atoms with E-state index in [1.54, 1.807) is 26.0 Å². The van der Waals surface area contributed by atoms with Gasteiger partial charge in [0.25, 0.3) is 0 Å². The van der Waals surface area contributed by atoms with E-state index < -0.39 is 200 Å². The number of aliphatic hydroxyl groups excluding tert-OH is 15. The van der Waals surface area contributed by atoms with Crippen molar-refractivity contribution in [1.29, 1.82) is 0 Å².